The molecule has 13 nitrogen and oxygen atoms in total. The molecule has 0 aliphatic carbocycles. The number of hydrogen-bond acceptors (Lipinski definition) is 10. The second kappa shape index (κ2) is 15.0. The molecule has 1 aromatic carbocycles. The summed E-state index contributed by atoms with van der Waals surface area (Å²) in [4.78, 5) is 42.7. The van der Waals surface area contributed by atoms with Crippen LogP contribution < -0.4 is 20.1 Å². The van der Waals surface area contributed by atoms with Crippen molar-refractivity contribution in [3.05, 3.63) is 65.6 Å². The number of halogens is 2. The molecular formula is C34H38Cl2N8O5. The fourth-order valence-corrected chi connectivity index (χ4v) is 6.93. The van der Waals surface area contributed by atoms with Gasteiger partial charge < -0.3 is 29.7 Å². The molecule has 2 atom stereocenters. The number of hydrogen-bond donors (Lipinski definition) is 2. The van der Waals surface area contributed by atoms with Gasteiger partial charge in [0.2, 0.25) is 17.8 Å². The number of piperazine rings is 1. The molecule has 0 radical (unpaired) electrons. The van der Waals surface area contributed by atoms with Crippen LogP contribution in [0.3, 0.4) is 0 Å². The third-order valence-electron chi connectivity index (χ3n) is 8.84. The maximum atomic E-state index is 12.0. The minimum absolute atomic E-state index is 0.0285. The molecule has 2 aliphatic heterocycles. The zero-order valence-corrected chi connectivity index (χ0v) is 28.9. The van der Waals surface area contributed by atoms with Crippen LogP contribution in [0.2, 0.25) is 10.0 Å². The SMILES string of the molecule is C=CC(=O)NC1COCC1Nc1ncc2cc(-c3c(Cl)c(OC)cc(OC)c3Cl)c3nc(CCCN4CCN(C(=O)C=C)CC4)cn3c2n1. The number of carbonyl (C=O) groups is 2. The summed E-state index contributed by atoms with van der Waals surface area (Å²) in [7, 11) is 3.06. The van der Waals surface area contributed by atoms with E-state index in [1.165, 1.54) is 26.4 Å². The molecule has 2 aliphatic rings. The minimum atomic E-state index is -0.279. The summed E-state index contributed by atoms with van der Waals surface area (Å²) in [6.45, 7) is 11.7. The quantitative estimate of drug-likeness (QED) is 0.208. The van der Waals surface area contributed by atoms with Crippen LogP contribution in [0.4, 0.5) is 5.95 Å². The molecule has 2 unspecified atom stereocenters. The fraction of sp³-hybridized carbons (Fsp3) is 0.382. The van der Waals surface area contributed by atoms with Crippen LogP contribution in [-0.2, 0) is 20.7 Å². The van der Waals surface area contributed by atoms with Gasteiger partial charge in [0.25, 0.3) is 0 Å². The van der Waals surface area contributed by atoms with E-state index in [4.69, 9.17) is 47.4 Å². The Balaban J connectivity index is 1.35. The van der Waals surface area contributed by atoms with Crippen LogP contribution in [0.5, 0.6) is 11.5 Å². The highest BCUT2D eigenvalue weighted by atomic mass is 35.5. The number of carbonyl (C=O) groups excluding carboxylic acids is 2. The van der Waals surface area contributed by atoms with Gasteiger partial charge in [-0.1, -0.05) is 36.4 Å². The molecule has 258 valence electrons. The van der Waals surface area contributed by atoms with Crippen molar-refractivity contribution in [3.63, 3.8) is 0 Å². The molecule has 0 spiro atoms. The van der Waals surface area contributed by atoms with E-state index in [9.17, 15) is 9.59 Å². The average molecular weight is 710 g/mol. The van der Waals surface area contributed by atoms with Gasteiger partial charge in [-0.2, -0.15) is 4.98 Å². The molecule has 15 heteroatoms. The van der Waals surface area contributed by atoms with E-state index in [1.54, 1.807) is 12.3 Å². The monoisotopic (exact) mass is 708 g/mol. The van der Waals surface area contributed by atoms with E-state index in [0.29, 0.717) is 82.6 Å². The van der Waals surface area contributed by atoms with E-state index in [2.05, 4.69) is 33.7 Å². The van der Waals surface area contributed by atoms with Crippen LogP contribution in [0.15, 0.2) is 49.8 Å². The summed E-state index contributed by atoms with van der Waals surface area (Å²) in [5.74, 6) is 0.882. The van der Waals surface area contributed by atoms with Crippen molar-refractivity contribution in [1.82, 2.24) is 34.5 Å². The molecule has 49 heavy (non-hydrogen) atoms. The maximum Gasteiger partial charge on any atom is 0.246 e. The van der Waals surface area contributed by atoms with Crippen molar-refractivity contribution in [2.24, 2.45) is 0 Å². The first kappa shape index (κ1) is 34.4. The summed E-state index contributed by atoms with van der Waals surface area (Å²) in [6, 6.07) is 3.04. The Hall–Kier alpha value is -4.43. The molecule has 4 aromatic rings. The Kier molecular flexibility index (Phi) is 10.5. The van der Waals surface area contributed by atoms with Gasteiger partial charge in [-0.3, -0.25) is 18.9 Å². The Labute approximate surface area is 293 Å². The van der Waals surface area contributed by atoms with Crippen LogP contribution in [0.25, 0.3) is 27.8 Å². The number of pyridine rings is 1. The molecular weight excluding hydrogens is 671 g/mol. The lowest BCUT2D eigenvalue weighted by Gasteiger charge is -2.34. The standard InChI is InChI=1S/C34H38Cl2N8O5/c1-5-27(45)39-23-18-49-19-24(23)40-34-37-16-20-14-22(29-30(35)25(47-3)15-26(48-4)31(29)36)33-38-21(17-44(33)32(20)41-34)8-7-9-42-10-12-43(13-11-42)28(46)6-2/h5-6,14-17,23-24H,1-2,7-13,18-19H2,3-4H3,(H,39,45)(H,37,40,41). The van der Waals surface area contributed by atoms with E-state index in [1.807, 2.05) is 21.6 Å². The Morgan fingerprint density at radius 2 is 1.71 bits per heavy atom. The number of anilines is 1. The van der Waals surface area contributed by atoms with Crippen LogP contribution in [0, 0.1) is 0 Å². The summed E-state index contributed by atoms with van der Waals surface area (Å²) in [6.07, 6.45) is 7.86. The van der Waals surface area contributed by atoms with Gasteiger partial charge in [-0.25, -0.2) is 9.97 Å². The number of methoxy groups -OCH3 is 2. The first-order valence-corrected chi connectivity index (χ1v) is 16.7. The lowest BCUT2D eigenvalue weighted by Crippen LogP contribution is -2.48. The van der Waals surface area contributed by atoms with Gasteiger partial charge in [0.05, 0.1) is 55.3 Å². The number of aromatic nitrogens is 4. The fourth-order valence-electron chi connectivity index (χ4n) is 6.22. The van der Waals surface area contributed by atoms with Crippen LogP contribution in [0.1, 0.15) is 12.1 Å². The van der Waals surface area contributed by atoms with E-state index < -0.39 is 0 Å². The maximum absolute atomic E-state index is 12.0. The molecule has 2 fully saturated rings. The van der Waals surface area contributed by atoms with Crippen LogP contribution >= 0.6 is 23.2 Å². The highest BCUT2D eigenvalue weighted by Gasteiger charge is 2.30. The van der Waals surface area contributed by atoms with Gasteiger partial charge in [0.1, 0.15) is 17.1 Å². The average Bonchev–Trinajstić information content (AvgIpc) is 3.75. The second-order valence-electron chi connectivity index (χ2n) is 11.8. The molecule has 2 N–H and O–H groups in total. The second-order valence-corrected chi connectivity index (χ2v) is 12.6. The van der Waals surface area contributed by atoms with Crippen molar-refractivity contribution in [2.45, 2.75) is 24.9 Å². The largest absolute Gasteiger partial charge is 0.495 e. The molecule has 6 rings (SSSR count). The Morgan fingerprint density at radius 3 is 2.39 bits per heavy atom. The van der Waals surface area contributed by atoms with Crippen molar-refractivity contribution < 1.29 is 23.8 Å². The number of benzene rings is 1. The summed E-state index contributed by atoms with van der Waals surface area (Å²) < 4.78 is 18.7. The number of rotatable bonds is 12. The molecule has 2 amide bonds. The minimum Gasteiger partial charge on any atom is -0.495 e. The highest BCUT2D eigenvalue weighted by molar-refractivity contribution is 6.41. The van der Waals surface area contributed by atoms with Crippen molar-refractivity contribution in [1.29, 1.82) is 0 Å². The Bertz CT molecular complexity index is 1880. The molecule has 0 saturated carbocycles. The molecule has 2 saturated heterocycles. The van der Waals surface area contributed by atoms with E-state index >= 15 is 0 Å². The van der Waals surface area contributed by atoms with Crippen molar-refractivity contribution in [2.75, 3.05) is 65.5 Å². The van der Waals surface area contributed by atoms with E-state index in [-0.39, 0.29) is 23.9 Å². The third-order valence-corrected chi connectivity index (χ3v) is 9.59. The van der Waals surface area contributed by atoms with Crippen molar-refractivity contribution >= 4 is 57.6 Å². The number of ether oxygens (including phenoxy) is 3. The third kappa shape index (κ3) is 7.16. The zero-order chi connectivity index (χ0) is 34.7. The lowest BCUT2D eigenvalue weighted by molar-refractivity contribution is -0.127. The normalized spacial score (nSPS) is 18.1. The number of nitrogens with zero attached hydrogens (tertiary/aromatic N) is 6. The van der Waals surface area contributed by atoms with Crippen molar-refractivity contribution in [3.8, 4) is 22.6 Å². The highest BCUT2D eigenvalue weighted by Crippen LogP contribution is 2.47. The number of nitrogens with one attached hydrogen (secondary N) is 2. The predicted molar refractivity (Wildman–Crippen MR) is 189 cm³/mol. The number of amides is 2. The number of imidazole rings is 1. The number of fused-ring (bicyclic) bond motifs is 3. The molecule has 3 aromatic heterocycles. The molecule has 5 heterocycles. The Morgan fingerprint density at radius 1 is 1.00 bits per heavy atom. The van der Waals surface area contributed by atoms with Gasteiger partial charge in [0, 0.05) is 61.2 Å². The van der Waals surface area contributed by atoms with Crippen LogP contribution in [-0.4, -0.2) is 113 Å². The van der Waals surface area contributed by atoms with Gasteiger partial charge >= 0.3 is 0 Å². The smallest absolute Gasteiger partial charge is 0.246 e. The topological polar surface area (TPSA) is 135 Å². The molecule has 0 bridgehead atoms. The lowest BCUT2D eigenvalue weighted by atomic mass is 10.0. The summed E-state index contributed by atoms with van der Waals surface area (Å²) in [5.41, 5.74) is 3.26. The summed E-state index contributed by atoms with van der Waals surface area (Å²) in [5, 5.41) is 7.57. The summed E-state index contributed by atoms with van der Waals surface area (Å²) >= 11 is 13.8. The zero-order valence-electron chi connectivity index (χ0n) is 27.4. The number of aryl methyl sites for hydroxylation is 1. The van der Waals surface area contributed by atoms with Gasteiger partial charge in [-0.15, -0.1) is 0 Å². The van der Waals surface area contributed by atoms with Gasteiger partial charge in [0.15, 0.2) is 5.65 Å². The van der Waals surface area contributed by atoms with Gasteiger partial charge in [-0.05, 0) is 37.6 Å². The predicted octanol–water partition coefficient (Wildman–Crippen LogP) is 4.01. The first-order chi connectivity index (χ1) is 23.7. The first-order valence-electron chi connectivity index (χ1n) is 15.9. The van der Waals surface area contributed by atoms with E-state index in [0.717, 1.165) is 37.1 Å².